The van der Waals surface area contributed by atoms with Gasteiger partial charge in [0.05, 0.1) is 33.6 Å². The van der Waals surface area contributed by atoms with Crippen LogP contribution in [0.1, 0.15) is 11.5 Å². The van der Waals surface area contributed by atoms with Crippen molar-refractivity contribution in [2.45, 2.75) is 5.60 Å². The molecule has 8 nitrogen and oxygen atoms in total. The van der Waals surface area contributed by atoms with Gasteiger partial charge in [-0.25, -0.2) is 4.98 Å². The van der Waals surface area contributed by atoms with Crippen molar-refractivity contribution in [2.75, 3.05) is 52.5 Å². The van der Waals surface area contributed by atoms with E-state index >= 15 is 0 Å². The molecule has 9 heteroatoms. The molecule has 1 unspecified atom stereocenters. The second-order valence-electron chi connectivity index (χ2n) is 7.43. The van der Waals surface area contributed by atoms with Gasteiger partial charge < -0.3 is 28.3 Å². The number of halogens is 1. The number of oxazole rings is 1. The first-order valence-corrected chi connectivity index (χ1v) is 11.2. The number of rotatable bonds is 8. The van der Waals surface area contributed by atoms with E-state index in [2.05, 4.69) is 25.8 Å². The van der Waals surface area contributed by atoms with E-state index in [1.807, 2.05) is 24.3 Å². The Bertz CT molecular complexity index is 1090. The quantitative estimate of drug-likeness (QED) is 0.414. The zero-order valence-corrected chi connectivity index (χ0v) is 20.3. The van der Waals surface area contributed by atoms with Crippen molar-refractivity contribution in [3.8, 4) is 22.8 Å². The van der Waals surface area contributed by atoms with Gasteiger partial charge in [-0.1, -0.05) is 12.1 Å². The summed E-state index contributed by atoms with van der Waals surface area (Å²) in [5.41, 5.74) is 0.881. The van der Waals surface area contributed by atoms with E-state index < -0.39 is 5.60 Å². The molecule has 0 spiro atoms. The van der Waals surface area contributed by atoms with Gasteiger partial charge in [0.15, 0.2) is 12.0 Å². The Kier molecular flexibility index (Phi) is 7.02. The molecule has 0 N–H and O–H groups in total. The lowest BCUT2D eigenvalue weighted by Gasteiger charge is -2.30. The van der Waals surface area contributed by atoms with E-state index in [4.69, 9.17) is 23.4 Å². The van der Waals surface area contributed by atoms with Crippen molar-refractivity contribution in [1.29, 1.82) is 0 Å². The Morgan fingerprint density at radius 2 is 1.70 bits per heavy atom. The number of ether oxygens (including phenoxy) is 4. The van der Waals surface area contributed by atoms with Crippen molar-refractivity contribution >= 4 is 27.9 Å². The molecule has 0 amide bonds. The Labute approximate surface area is 200 Å². The molecule has 33 heavy (non-hydrogen) atoms. The summed E-state index contributed by atoms with van der Waals surface area (Å²) in [4.78, 5) is 19.0. The first-order chi connectivity index (χ1) is 16.1. The Morgan fingerprint density at radius 1 is 1.06 bits per heavy atom. The van der Waals surface area contributed by atoms with Crippen LogP contribution in [0.3, 0.4) is 0 Å². The van der Waals surface area contributed by atoms with Gasteiger partial charge in [-0.3, -0.25) is 4.79 Å². The minimum Gasteiger partial charge on any atom is -0.495 e. The topological polar surface area (TPSA) is 83.3 Å². The molecule has 4 rings (SSSR count). The van der Waals surface area contributed by atoms with Crippen molar-refractivity contribution < 1.29 is 28.2 Å². The minimum absolute atomic E-state index is 0.134. The highest BCUT2D eigenvalue weighted by Crippen LogP contribution is 2.40. The molecule has 3 aromatic rings. The number of aromatic nitrogens is 1. The van der Waals surface area contributed by atoms with Crippen LogP contribution in [0.5, 0.6) is 11.5 Å². The number of hydrogen-bond acceptors (Lipinski definition) is 8. The SMILES string of the molecule is COc1cc(-c2cnc(C(C=O)(OC)c3ccc(N4CCOCC4)cc3)o2)cc(OC)c1Br. The summed E-state index contributed by atoms with van der Waals surface area (Å²) in [6, 6.07) is 11.2. The number of carbonyl (C=O) groups excluding carboxylic acids is 1. The third kappa shape index (κ3) is 4.36. The summed E-state index contributed by atoms with van der Waals surface area (Å²) in [5.74, 6) is 1.74. The number of benzene rings is 2. The van der Waals surface area contributed by atoms with Gasteiger partial charge in [-0.05, 0) is 40.2 Å². The largest absolute Gasteiger partial charge is 0.495 e. The lowest BCUT2D eigenvalue weighted by atomic mass is 9.94. The van der Waals surface area contributed by atoms with Gasteiger partial charge >= 0.3 is 0 Å². The number of hydrogen-bond donors (Lipinski definition) is 0. The van der Waals surface area contributed by atoms with Crippen LogP contribution >= 0.6 is 15.9 Å². The van der Waals surface area contributed by atoms with Crippen LogP contribution in [0.4, 0.5) is 5.69 Å². The van der Waals surface area contributed by atoms with E-state index in [0.29, 0.717) is 52.4 Å². The summed E-state index contributed by atoms with van der Waals surface area (Å²) >= 11 is 3.46. The number of anilines is 1. The molecule has 0 aliphatic carbocycles. The maximum Gasteiger partial charge on any atom is 0.239 e. The maximum atomic E-state index is 12.3. The van der Waals surface area contributed by atoms with Crippen molar-refractivity contribution in [3.05, 3.63) is 58.5 Å². The lowest BCUT2D eigenvalue weighted by molar-refractivity contribution is -0.126. The minimum atomic E-state index is -1.48. The summed E-state index contributed by atoms with van der Waals surface area (Å²) in [7, 11) is 4.59. The van der Waals surface area contributed by atoms with E-state index in [0.717, 1.165) is 18.8 Å². The standard InChI is InChI=1S/C24H25BrN2O6/c1-29-19-12-16(13-20(30-2)22(19)25)21-14-26-23(33-21)24(15-28,31-3)17-4-6-18(7-5-17)27-8-10-32-11-9-27/h4-7,12-15H,8-11H2,1-3H3. The number of nitrogens with zero attached hydrogens (tertiary/aromatic N) is 2. The second-order valence-corrected chi connectivity index (χ2v) is 8.22. The molecular weight excluding hydrogens is 492 g/mol. The Balaban J connectivity index is 1.69. The smallest absolute Gasteiger partial charge is 0.239 e. The number of methoxy groups -OCH3 is 3. The molecule has 0 saturated carbocycles. The summed E-state index contributed by atoms with van der Waals surface area (Å²) < 4.78 is 28.7. The third-order valence-electron chi connectivity index (χ3n) is 5.71. The van der Waals surface area contributed by atoms with Crippen molar-refractivity contribution in [2.24, 2.45) is 0 Å². The third-order valence-corrected chi connectivity index (χ3v) is 6.50. The van der Waals surface area contributed by atoms with Crippen LogP contribution in [0.15, 0.2) is 51.5 Å². The Hall–Kier alpha value is -2.88. The molecule has 1 aromatic heterocycles. The normalized spacial score (nSPS) is 15.7. The first kappa shape index (κ1) is 23.3. The van der Waals surface area contributed by atoms with Crippen molar-refractivity contribution in [3.63, 3.8) is 0 Å². The van der Waals surface area contributed by atoms with Gasteiger partial charge in [-0.15, -0.1) is 0 Å². The predicted molar refractivity (Wildman–Crippen MR) is 126 cm³/mol. The zero-order chi connectivity index (χ0) is 23.4. The molecule has 174 valence electrons. The van der Waals surface area contributed by atoms with Crippen molar-refractivity contribution in [1.82, 2.24) is 4.98 Å². The molecule has 1 aliphatic heterocycles. The van der Waals surface area contributed by atoms with Gasteiger partial charge in [0.1, 0.15) is 16.0 Å². The lowest BCUT2D eigenvalue weighted by Crippen LogP contribution is -2.36. The van der Waals surface area contributed by atoms with Crippen LogP contribution in [0.25, 0.3) is 11.3 Å². The Morgan fingerprint density at radius 3 is 2.24 bits per heavy atom. The fraction of sp³-hybridized carbons (Fsp3) is 0.333. The first-order valence-electron chi connectivity index (χ1n) is 10.4. The maximum absolute atomic E-state index is 12.3. The molecule has 2 heterocycles. The molecular formula is C24H25BrN2O6. The summed E-state index contributed by atoms with van der Waals surface area (Å²) in [6.07, 6.45) is 2.26. The molecule has 2 aromatic carbocycles. The highest BCUT2D eigenvalue weighted by atomic mass is 79.9. The molecule has 0 bridgehead atoms. The monoisotopic (exact) mass is 516 g/mol. The predicted octanol–water partition coefficient (Wildman–Crippen LogP) is 4.05. The van der Waals surface area contributed by atoms with Gasteiger partial charge in [-0.2, -0.15) is 0 Å². The fourth-order valence-electron chi connectivity index (χ4n) is 3.83. The van der Waals surface area contributed by atoms with Gasteiger partial charge in [0.25, 0.3) is 0 Å². The molecule has 1 aliphatic rings. The van der Waals surface area contributed by atoms with Gasteiger partial charge in [0, 0.05) is 37.0 Å². The molecule has 1 saturated heterocycles. The summed E-state index contributed by atoms with van der Waals surface area (Å²) in [6.45, 7) is 3.04. The average Bonchev–Trinajstić information content (AvgIpc) is 3.37. The number of aldehydes is 1. The van der Waals surface area contributed by atoms with Gasteiger partial charge in [0.2, 0.25) is 11.5 Å². The molecule has 0 radical (unpaired) electrons. The molecule has 1 fully saturated rings. The highest BCUT2D eigenvalue weighted by molar-refractivity contribution is 9.10. The van der Waals surface area contributed by atoms with Crippen LogP contribution in [-0.2, 0) is 19.9 Å². The number of morpholine rings is 1. The van der Waals surface area contributed by atoms with E-state index in [9.17, 15) is 4.79 Å². The fourth-order valence-corrected chi connectivity index (χ4v) is 4.38. The zero-order valence-electron chi connectivity index (χ0n) is 18.7. The van der Waals surface area contributed by atoms with Crippen LogP contribution in [0.2, 0.25) is 0 Å². The van der Waals surface area contributed by atoms with E-state index in [1.165, 1.54) is 7.11 Å². The number of carbonyl (C=O) groups is 1. The highest BCUT2D eigenvalue weighted by Gasteiger charge is 2.40. The van der Waals surface area contributed by atoms with E-state index in [1.54, 1.807) is 32.5 Å². The molecule has 1 atom stereocenters. The van der Waals surface area contributed by atoms with Crippen LogP contribution in [-0.4, -0.2) is 58.9 Å². The van der Waals surface area contributed by atoms with Crippen LogP contribution < -0.4 is 14.4 Å². The van der Waals surface area contributed by atoms with Crippen LogP contribution in [0, 0.1) is 0 Å². The van der Waals surface area contributed by atoms with E-state index in [-0.39, 0.29) is 5.89 Å². The average molecular weight is 517 g/mol. The second kappa shape index (κ2) is 9.94. The summed E-state index contributed by atoms with van der Waals surface area (Å²) in [5, 5.41) is 0.